The maximum absolute atomic E-state index is 12.7. The monoisotopic (exact) mass is 424 g/mol. The van der Waals surface area contributed by atoms with E-state index < -0.39 is 17.1 Å². The van der Waals surface area contributed by atoms with Crippen molar-refractivity contribution in [3.8, 4) is 17.2 Å². The normalized spacial score (nSPS) is 11.7. The third-order valence-electron chi connectivity index (χ3n) is 4.87. The Morgan fingerprint density at radius 1 is 1.19 bits per heavy atom. The summed E-state index contributed by atoms with van der Waals surface area (Å²) in [6.07, 6.45) is 3.93. The number of methoxy groups -OCH3 is 1. The summed E-state index contributed by atoms with van der Waals surface area (Å²) in [4.78, 5) is 28.8. The molecule has 0 aliphatic heterocycles. The van der Waals surface area contributed by atoms with E-state index in [1.54, 1.807) is 31.5 Å². The van der Waals surface area contributed by atoms with Crippen LogP contribution in [0.1, 0.15) is 35.0 Å². The molecule has 8 nitrogen and oxygen atoms in total. The molecule has 1 aromatic carbocycles. The summed E-state index contributed by atoms with van der Waals surface area (Å²) in [7, 11) is 1.41. The van der Waals surface area contributed by atoms with Gasteiger partial charge in [0.1, 0.15) is 5.76 Å². The zero-order valence-corrected chi connectivity index (χ0v) is 17.3. The van der Waals surface area contributed by atoms with Crippen LogP contribution in [0.15, 0.2) is 58.0 Å². The molecule has 1 unspecified atom stereocenters. The van der Waals surface area contributed by atoms with Crippen LogP contribution in [0, 0.1) is 6.92 Å². The van der Waals surface area contributed by atoms with E-state index in [-0.39, 0.29) is 29.6 Å². The molecule has 0 fully saturated rings. The zero-order chi connectivity index (χ0) is 22.4. The molecule has 8 heteroatoms. The molecule has 0 saturated heterocycles. The predicted octanol–water partition coefficient (Wildman–Crippen LogP) is 2.64. The van der Waals surface area contributed by atoms with Crippen molar-refractivity contribution >= 4 is 5.91 Å². The number of nitrogens with zero attached hydrogens (tertiary/aromatic N) is 1. The Kier molecular flexibility index (Phi) is 6.92. The number of amides is 1. The first kappa shape index (κ1) is 21.9. The van der Waals surface area contributed by atoms with Gasteiger partial charge in [0.25, 0.3) is 0 Å². The molecule has 0 aliphatic rings. The SMILES string of the molecule is COc1cc(C(CC(=O)NCCc2ccncc2)c2oc(C)cc(=O)c2O)ccc1O. The Labute approximate surface area is 179 Å². The molecule has 3 rings (SSSR count). The van der Waals surface area contributed by atoms with Crippen LogP contribution in [0.3, 0.4) is 0 Å². The fraction of sp³-hybridized carbons (Fsp3) is 0.261. The number of aryl methyl sites for hydroxylation is 1. The number of aromatic hydroxyl groups is 2. The molecular weight excluding hydrogens is 400 g/mol. The topological polar surface area (TPSA) is 122 Å². The third-order valence-corrected chi connectivity index (χ3v) is 4.87. The molecule has 1 atom stereocenters. The second-order valence-corrected chi connectivity index (χ2v) is 7.08. The molecule has 0 aliphatic carbocycles. The lowest BCUT2D eigenvalue weighted by Gasteiger charge is -2.19. The van der Waals surface area contributed by atoms with E-state index in [2.05, 4.69) is 10.3 Å². The minimum Gasteiger partial charge on any atom is -0.504 e. The van der Waals surface area contributed by atoms with Gasteiger partial charge in [0.2, 0.25) is 17.1 Å². The number of ether oxygens (including phenoxy) is 1. The fourth-order valence-corrected chi connectivity index (χ4v) is 3.29. The summed E-state index contributed by atoms with van der Waals surface area (Å²) in [5.41, 5.74) is 0.994. The van der Waals surface area contributed by atoms with Gasteiger partial charge in [0.15, 0.2) is 17.3 Å². The first-order valence-electron chi connectivity index (χ1n) is 9.75. The van der Waals surface area contributed by atoms with Crippen molar-refractivity contribution in [1.82, 2.24) is 10.3 Å². The van der Waals surface area contributed by atoms with Gasteiger partial charge in [-0.3, -0.25) is 14.6 Å². The predicted molar refractivity (Wildman–Crippen MR) is 113 cm³/mol. The van der Waals surface area contributed by atoms with Crippen LogP contribution in [-0.4, -0.2) is 34.8 Å². The number of hydrogen-bond acceptors (Lipinski definition) is 7. The Balaban J connectivity index is 1.86. The maximum atomic E-state index is 12.7. The van der Waals surface area contributed by atoms with Crippen molar-refractivity contribution in [2.24, 2.45) is 0 Å². The second-order valence-electron chi connectivity index (χ2n) is 7.08. The van der Waals surface area contributed by atoms with Crippen LogP contribution in [0.2, 0.25) is 0 Å². The molecule has 0 bridgehead atoms. The van der Waals surface area contributed by atoms with Crippen molar-refractivity contribution < 1.29 is 24.2 Å². The molecule has 2 heterocycles. The molecule has 0 radical (unpaired) electrons. The highest BCUT2D eigenvalue weighted by Crippen LogP contribution is 2.37. The Hall–Kier alpha value is -3.81. The van der Waals surface area contributed by atoms with E-state index in [0.717, 1.165) is 5.56 Å². The van der Waals surface area contributed by atoms with Crippen molar-refractivity contribution in [3.63, 3.8) is 0 Å². The summed E-state index contributed by atoms with van der Waals surface area (Å²) < 4.78 is 10.8. The second kappa shape index (κ2) is 9.80. The van der Waals surface area contributed by atoms with Crippen LogP contribution < -0.4 is 15.5 Å². The molecule has 0 saturated carbocycles. The molecule has 3 aromatic rings. The van der Waals surface area contributed by atoms with Gasteiger partial charge in [-0.25, -0.2) is 0 Å². The lowest BCUT2D eigenvalue weighted by molar-refractivity contribution is -0.121. The highest BCUT2D eigenvalue weighted by atomic mass is 16.5. The van der Waals surface area contributed by atoms with Crippen LogP contribution in [0.4, 0.5) is 0 Å². The molecular formula is C23H24N2O6. The van der Waals surface area contributed by atoms with Crippen molar-refractivity contribution in [3.05, 3.63) is 81.7 Å². The van der Waals surface area contributed by atoms with Gasteiger partial charge in [0.05, 0.1) is 13.0 Å². The quantitative estimate of drug-likeness (QED) is 0.508. The molecule has 31 heavy (non-hydrogen) atoms. The Morgan fingerprint density at radius 3 is 2.65 bits per heavy atom. The van der Waals surface area contributed by atoms with Gasteiger partial charge in [-0.05, 0) is 48.7 Å². The number of pyridine rings is 1. The average molecular weight is 424 g/mol. The van der Waals surface area contributed by atoms with Gasteiger partial charge >= 0.3 is 0 Å². The molecule has 2 aromatic heterocycles. The van der Waals surface area contributed by atoms with E-state index in [4.69, 9.17) is 9.15 Å². The largest absolute Gasteiger partial charge is 0.504 e. The molecule has 0 spiro atoms. The number of rotatable bonds is 8. The highest BCUT2D eigenvalue weighted by Gasteiger charge is 2.26. The number of hydrogen-bond donors (Lipinski definition) is 3. The number of nitrogens with one attached hydrogen (secondary N) is 1. The van der Waals surface area contributed by atoms with E-state index in [1.165, 1.54) is 19.2 Å². The summed E-state index contributed by atoms with van der Waals surface area (Å²) in [5.74, 6) is -1.16. The van der Waals surface area contributed by atoms with E-state index in [1.807, 2.05) is 12.1 Å². The first-order valence-corrected chi connectivity index (χ1v) is 9.75. The first-order chi connectivity index (χ1) is 14.9. The minimum atomic E-state index is -0.761. The number of benzene rings is 1. The number of carbonyl (C=O) groups is 1. The van der Waals surface area contributed by atoms with Crippen LogP contribution in [-0.2, 0) is 11.2 Å². The van der Waals surface area contributed by atoms with E-state index >= 15 is 0 Å². The number of phenolic OH excluding ortho intramolecular Hbond substituents is 1. The third kappa shape index (κ3) is 5.42. The summed E-state index contributed by atoms with van der Waals surface area (Å²) >= 11 is 0. The van der Waals surface area contributed by atoms with Gasteiger partial charge in [-0.15, -0.1) is 0 Å². The highest BCUT2D eigenvalue weighted by molar-refractivity contribution is 5.77. The zero-order valence-electron chi connectivity index (χ0n) is 17.3. The number of aromatic nitrogens is 1. The van der Waals surface area contributed by atoms with E-state index in [9.17, 15) is 19.8 Å². The summed E-state index contributed by atoms with van der Waals surface area (Å²) in [6.45, 7) is 2.01. The van der Waals surface area contributed by atoms with Gasteiger partial charge in [-0.1, -0.05) is 6.07 Å². The molecule has 162 valence electrons. The van der Waals surface area contributed by atoms with Crippen LogP contribution >= 0.6 is 0 Å². The number of carbonyl (C=O) groups excluding carboxylic acids is 1. The van der Waals surface area contributed by atoms with Crippen LogP contribution in [0.5, 0.6) is 17.2 Å². The summed E-state index contributed by atoms with van der Waals surface area (Å²) in [6, 6.07) is 9.49. The number of phenols is 1. The van der Waals surface area contributed by atoms with Gasteiger partial charge in [-0.2, -0.15) is 0 Å². The average Bonchev–Trinajstić information content (AvgIpc) is 2.76. The van der Waals surface area contributed by atoms with Crippen molar-refractivity contribution in [2.45, 2.75) is 25.7 Å². The van der Waals surface area contributed by atoms with Crippen molar-refractivity contribution in [1.29, 1.82) is 0 Å². The maximum Gasteiger partial charge on any atom is 0.227 e. The van der Waals surface area contributed by atoms with E-state index in [0.29, 0.717) is 24.3 Å². The molecule has 3 N–H and O–H groups in total. The standard InChI is InChI=1S/C23H24N2O6/c1-14-11-19(27)22(29)23(31-14)17(16-3-4-18(26)20(12-16)30-2)13-21(28)25-10-7-15-5-8-24-9-6-15/h3-6,8-9,11-12,17,26,29H,7,10,13H2,1-2H3,(H,25,28). The van der Waals surface area contributed by atoms with Crippen molar-refractivity contribution in [2.75, 3.05) is 13.7 Å². The lowest BCUT2D eigenvalue weighted by Crippen LogP contribution is -2.27. The Bertz CT molecular complexity index is 1110. The summed E-state index contributed by atoms with van der Waals surface area (Å²) in [5, 5.41) is 23.1. The fourth-order valence-electron chi connectivity index (χ4n) is 3.29. The smallest absolute Gasteiger partial charge is 0.227 e. The minimum absolute atomic E-state index is 0.0120. The molecule has 1 amide bonds. The Morgan fingerprint density at radius 2 is 1.94 bits per heavy atom. The van der Waals surface area contributed by atoms with Gasteiger partial charge < -0.3 is 24.7 Å². The van der Waals surface area contributed by atoms with Gasteiger partial charge in [0, 0.05) is 31.4 Å². The lowest BCUT2D eigenvalue weighted by atomic mass is 9.91. The van der Waals surface area contributed by atoms with Crippen LogP contribution in [0.25, 0.3) is 0 Å².